The Morgan fingerprint density at radius 2 is 1.94 bits per heavy atom. The first-order chi connectivity index (χ1) is 8.54. The maximum Gasteiger partial charge on any atom is 0.321 e. The van der Waals surface area contributed by atoms with Crippen molar-refractivity contribution in [2.24, 2.45) is 5.92 Å². The lowest BCUT2D eigenvalue weighted by Gasteiger charge is -2.43. The summed E-state index contributed by atoms with van der Waals surface area (Å²) in [7, 11) is 0. The van der Waals surface area contributed by atoms with Gasteiger partial charge in [0.2, 0.25) is 0 Å². The van der Waals surface area contributed by atoms with Crippen LogP contribution in [0.5, 0.6) is 0 Å². The molecule has 1 saturated heterocycles. The molecule has 106 valence electrons. The largest absolute Gasteiger partial charge is 0.394 e. The second-order valence-corrected chi connectivity index (χ2v) is 4.38. The number of carbonyl (C=O) groups excluding carboxylic acids is 1. The minimum Gasteiger partial charge on any atom is -0.394 e. The summed E-state index contributed by atoms with van der Waals surface area (Å²) in [4.78, 5) is 15.4. The van der Waals surface area contributed by atoms with E-state index < -0.39 is 30.3 Å². The molecule has 5 atom stereocenters. The number of rotatable bonds is 5. The van der Waals surface area contributed by atoms with E-state index in [4.69, 9.17) is 4.74 Å². The number of carbonyl (C=O) groups is 1. The SMILES string of the molecule is CC[C@@H]1C(CO)O[C@@H](CO)C(NOC(C)=O)C1O. The summed E-state index contributed by atoms with van der Waals surface area (Å²) >= 11 is 0. The minimum atomic E-state index is -0.877. The molecule has 0 spiro atoms. The van der Waals surface area contributed by atoms with E-state index in [1.807, 2.05) is 6.92 Å². The zero-order valence-electron chi connectivity index (χ0n) is 10.6. The first-order valence-electron chi connectivity index (χ1n) is 6.03. The van der Waals surface area contributed by atoms with Gasteiger partial charge < -0.3 is 24.9 Å². The van der Waals surface area contributed by atoms with Gasteiger partial charge in [0.15, 0.2) is 0 Å². The highest BCUT2D eigenvalue weighted by atomic mass is 16.7. The van der Waals surface area contributed by atoms with Gasteiger partial charge >= 0.3 is 5.97 Å². The van der Waals surface area contributed by atoms with Gasteiger partial charge in [-0.25, -0.2) is 0 Å². The number of hydrogen-bond acceptors (Lipinski definition) is 7. The lowest BCUT2D eigenvalue weighted by atomic mass is 9.84. The number of nitrogens with one attached hydrogen (secondary N) is 1. The van der Waals surface area contributed by atoms with Gasteiger partial charge in [-0.3, -0.25) is 4.79 Å². The zero-order chi connectivity index (χ0) is 13.7. The minimum absolute atomic E-state index is 0.230. The fraction of sp³-hybridized carbons (Fsp3) is 0.909. The van der Waals surface area contributed by atoms with E-state index in [-0.39, 0.29) is 19.1 Å². The van der Waals surface area contributed by atoms with Gasteiger partial charge in [0.25, 0.3) is 0 Å². The molecule has 0 aliphatic carbocycles. The van der Waals surface area contributed by atoms with Crippen molar-refractivity contribution in [3.05, 3.63) is 0 Å². The highest BCUT2D eigenvalue weighted by Gasteiger charge is 2.44. The van der Waals surface area contributed by atoms with Crippen molar-refractivity contribution < 1.29 is 29.7 Å². The molecule has 0 radical (unpaired) electrons. The lowest BCUT2D eigenvalue weighted by molar-refractivity contribution is -0.202. The van der Waals surface area contributed by atoms with Gasteiger partial charge in [-0.15, -0.1) is 5.48 Å². The number of hydrogen-bond donors (Lipinski definition) is 4. The average molecular weight is 263 g/mol. The lowest BCUT2D eigenvalue weighted by Crippen LogP contribution is -2.61. The zero-order valence-corrected chi connectivity index (χ0v) is 10.6. The van der Waals surface area contributed by atoms with Crippen LogP contribution in [0.3, 0.4) is 0 Å². The van der Waals surface area contributed by atoms with Crippen LogP contribution in [0.2, 0.25) is 0 Å². The molecule has 7 nitrogen and oxygen atoms in total. The quantitative estimate of drug-likeness (QED) is 0.450. The van der Waals surface area contributed by atoms with Crippen LogP contribution in [0.1, 0.15) is 20.3 Å². The molecule has 1 rings (SSSR count). The molecule has 18 heavy (non-hydrogen) atoms. The van der Waals surface area contributed by atoms with Crippen LogP contribution in [0.15, 0.2) is 0 Å². The molecule has 3 unspecified atom stereocenters. The maximum atomic E-state index is 10.7. The smallest absolute Gasteiger partial charge is 0.321 e. The molecule has 0 bridgehead atoms. The van der Waals surface area contributed by atoms with E-state index in [1.54, 1.807) is 0 Å². The summed E-state index contributed by atoms with van der Waals surface area (Å²) in [5, 5.41) is 28.6. The van der Waals surface area contributed by atoms with Crippen LogP contribution in [0, 0.1) is 5.92 Å². The van der Waals surface area contributed by atoms with E-state index in [0.29, 0.717) is 6.42 Å². The van der Waals surface area contributed by atoms with Crippen molar-refractivity contribution in [1.29, 1.82) is 0 Å². The number of ether oxygens (including phenoxy) is 1. The monoisotopic (exact) mass is 263 g/mol. The van der Waals surface area contributed by atoms with Crippen molar-refractivity contribution in [3.8, 4) is 0 Å². The van der Waals surface area contributed by atoms with Crippen LogP contribution >= 0.6 is 0 Å². The Kier molecular flexibility index (Phi) is 5.97. The van der Waals surface area contributed by atoms with Crippen molar-refractivity contribution in [3.63, 3.8) is 0 Å². The first-order valence-corrected chi connectivity index (χ1v) is 6.03. The van der Waals surface area contributed by atoms with E-state index in [2.05, 4.69) is 10.3 Å². The summed E-state index contributed by atoms with van der Waals surface area (Å²) < 4.78 is 5.49. The van der Waals surface area contributed by atoms with Crippen molar-refractivity contribution in [2.45, 2.75) is 44.6 Å². The Labute approximate surface area is 106 Å². The van der Waals surface area contributed by atoms with Crippen molar-refractivity contribution in [2.75, 3.05) is 13.2 Å². The van der Waals surface area contributed by atoms with Gasteiger partial charge in [-0.1, -0.05) is 6.92 Å². The Hall–Kier alpha value is -0.730. The summed E-state index contributed by atoms with van der Waals surface area (Å²) in [5.41, 5.74) is 2.41. The third-order valence-corrected chi connectivity index (χ3v) is 3.20. The molecule has 1 heterocycles. The first kappa shape index (κ1) is 15.3. The molecule has 1 aliphatic rings. The fourth-order valence-electron chi connectivity index (χ4n) is 2.25. The molecular weight excluding hydrogens is 242 g/mol. The summed E-state index contributed by atoms with van der Waals surface area (Å²) in [6, 6.07) is -0.716. The Morgan fingerprint density at radius 1 is 1.33 bits per heavy atom. The molecule has 0 aromatic rings. The van der Waals surface area contributed by atoms with Crippen LogP contribution < -0.4 is 5.48 Å². The highest BCUT2D eigenvalue weighted by molar-refractivity contribution is 5.65. The van der Waals surface area contributed by atoms with E-state index >= 15 is 0 Å². The summed E-state index contributed by atoms with van der Waals surface area (Å²) in [5.74, 6) is -0.831. The second-order valence-electron chi connectivity index (χ2n) is 4.38. The van der Waals surface area contributed by atoms with E-state index in [0.717, 1.165) is 0 Å². The normalized spacial score (nSPS) is 36.4. The molecule has 1 fully saturated rings. The van der Waals surface area contributed by atoms with Gasteiger partial charge in [0.1, 0.15) is 6.10 Å². The van der Waals surface area contributed by atoms with Crippen LogP contribution in [0.25, 0.3) is 0 Å². The van der Waals surface area contributed by atoms with Crippen LogP contribution in [-0.4, -0.2) is 58.9 Å². The van der Waals surface area contributed by atoms with Crippen molar-refractivity contribution in [1.82, 2.24) is 5.48 Å². The fourth-order valence-corrected chi connectivity index (χ4v) is 2.25. The van der Waals surface area contributed by atoms with Crippen LogP contribution in [-0.2, 0) is 14.4 Å². The standard InChI is InChI=1S/C11H21NO6/c1-3-7-8(4-13)17-9(5-14)10(11(7)16)12-18-6(2)15/h7-14,16H,3-5H2,1-2H3/t7-,8?,9+,10?,11?/m1/s1. The molecular formula is C11H21NO6. The predicted octanol–water partition coefficient (Wildman–Crippen LogP) is -1.44. The number of hydroxylamine groups is 1. The molecule has 7 heteroatoms. The second kappa shape index (κ2) is 7.01. The summed E-state index contributed by atoms with van der Waals surface area (Å²) in [6.07, 6.45) is -1.54. The number of aliphatic hydroxyl groups is 3. The van der Waals surface area contributed by atoms with E-state index in [9.17, 15) is 20.1 Å². The Bertz CT molecular complexity index is 274. The third-order valence-electron chi connectivity index (χ3n) is 3.20. The highest BCUT2D eigenvalue weighted by Crippen LogP contribution is 2.28. The van der Waals surface area contributed by atoms with Crippen LogP contribution in [0.4, 0.5) is 0 Å². The molecule has 4 N–H and O–H groups in total. The van der Waals surface area contributed by atoms with E-state index in [1.165, 1.54) is 6.92 Å². The Balaban J connectivity index is 2.75. The van der Waals surface area contributed by atoms with Gasteiger partial charge in [-0.05, 0) is 6.42 Å². The maximum absolute atomic E-state index is 10.7. The summed E-state index contributed by atoms with van der Waals surface area (Å²) in [6.45, 7) is 2.52. The average Bonchev–Trinajstić information content (AvgIpc) is 2.35. The number of aliphatic hydroxyl groups excluding tert-OH is 3. The molecule has 0 amide bonds. The molecule has 0 aromatic heterocycles. The van der Waals surface area contributed by atoms with Gasteiger partial charge in [-0.2, -0.15) is 0 Å². The van der Waals surface area contributed by atoms with Crippen molar-refractivity contribution >= 4 is 5.97 Å². The predicted molar refractivity (Wildman–Crippen MR) is 61.3 cm³/mol. The molecule has 0 aromatic carbocycles. The molecule has 0 saturated carbocycles. The topological polar surface area (TPSA) is 108 Å². The Morgan fingerprint density at radius 3 is 2.39 bits per heavy atom. The van der Waals surface area contributed by atoms with Gasteiger partial charge in [0.05, 0.1) is 31.5 Å². The third kappa shape index (κ3) is 3.39. The molecule has 1 aliphatic heterocycles. The van der Waals surface area contributed by atoms with Gasteiger partial charge in [0, 0.05) is 12.8 Å².